The number of nitrogens with zero attached hydrogens (tertiary/aromatic N) is 2. The maximum atomic E-state index is 13.0. The standard InChI is InChI=1S/C25H19BrN2O7S/c26-22-9-8-18(36(32,33)27-10-12-34-13-11-27)15-21(22)25(31)35-17-5-3-4-16(14-17)28-23(29)19-6-1-2-7-20(19)24(28)30/h1-9,14-15H,10-13H2. The summed E-state index contributed by atoms with van der Waals surface area (Å²) in [6.07, 6.45) is 0. The first-order valence-corrected chi connectivity index (χ1v) is 13.2. The van der Waals surface area contributed by atoms with Crippen molar-refractivity contribution in [2.24, 2.45) is 0 Å². The van der Waals surface area contributed by atoms with Crippen LogP contribution in [0.25, 0.3) is 0 Å². The van der Waals surface area contributed by atoms with Crippen molar-refractivity contribution in [3.8, 4) is 5.75 Å². The predicted octanol–water partition coefficient (Wildman–Crippen LogP) is 3.49. The van der Waals surface area contributed by atoms with Crippen LogP contribution in [0.4, 0.5) is 5.69 Å². The SMILES string of the molecule is O=C(Oc1cccc(N2C(=O)c3ccccc3C2=O)c1)c1cc(S(=O)(=O)N2CCOCC2)ccc1Br. The number of esters is 1. The van der Waals surface area contributed by atoms with E-state index in [-0.39, 0.29) is 35.0 Å². The zero-order chi connectivity index (χ0) is 25.4. The first kappa shape index (κ1) is 24.3. The maximum absolute atomic E-state index is 13.0. The van der Waals surface area contributed by atoms with Gasteiger partial charge in [0.25, 0.3) is 11.8 Å². The van der Waals surface area contributed by atoms with Crippen LogP contribution in [0, 0.1) is 0 Å². The maximum Gasteiger partial charge on any atom is 0.344 e. The molecule has 1 fully saturated rings. The number of rotatable bonds is 5. The highest BCUT2D eigenvalue weighted by Gasteiger charge is 2.36. The number of anilines is 1. The Kier molecular flexibility index (Phi) is 6.47. The molecule has 0 bridgehead atoms. The highest BCUT2D eigenvalue weighted by molar-refractivity contribution is 9.10. The molecule has 1 saturated heterocycles. The molecule has 3 aromatic carbocycles. The van der Waals surface area contributed by atoms with Gasteiger partial charge >= 0.3 is 5.97 Å². The van der Waals surface area contributed by atoms with Gasteiger partial charge < -0.3 is 9.47 Å². The van der Waals surface area contributed by atoms with E-state index in [0.29, 0.717) is 28.8 Å². The Balaban J connectivity index is 1.39. The smallest absolute Gasteiger partial charge is 0.344 e. The van der Waals surface area contributed by atoms with Gasteiger partial charge in [0.05, 0.1) is 40.5 Å². The van der Waals surface area contributed by atoms with Gasteiger partial charge in [0, 0.05) is 23.6 Å². The van der Waals surface area contributed by atoms with E-state index in [1.807, 2.05) is 0 Å². The van der Waals surface area contributed by atoms with E-state index in [4.69, 9.17) is 9.47 Å². The Morgan fingerprint density at radius 2 is 1.56 bits per heavy atom. The molecular weight excluding hydrogens is 552 g/mol. The number of ether oxygens (including phenoxy) is 2. The minimum atomic E-state index is -3.82. The van der Waals surface area contributed by atoms with Gasteiger partial charge in [0.15, 0.2) is 0 Å². The Hall–Kier alpha value is -3.38. The van der Waals surface area contributed by atoms with E-state index in [9.17, 15) is 22.8 Å². The number of benzene rings is 3. The van der Waals surface area contributed by atoms with Gasteiger partial charge in [-0.3, -0.25) is 9.59 Å². The number of hydrogen-bond acceptors (Lipinski definition) is 7. The van der Waals surface area contributed by atoms with Crippen molar-refractivity contribution in [3.63, 3.8) is 0 Å². The molecule has 2 heterocycles. The summed E-state index contributed by atoms with van der Waals surface area (Å²) < 4.78 is 38.4. The summed E-state index contributed by atoms with van der Waals surface area (Å²) in [7, 11) is -3.82. The number of halogens is 1. The van der Waals surface area contributed by atoms with E-state index < -0.39 is 27.8 Å². The van der Waals surface area contributed by atoms with Crippen LogP contribution in [0.1, 0.15) is 31.1 Å². The average Bonchev–Trinajstić information content (AvgIpc) is 3.14. The molecule has 0 saturated carbocycles. The fourth-order valence-electron chi connectivity index (χ4n) is 4.03. The van der Waals surface area contributed by atoms with Crippen molar-refractivity contribution in [1.29, 1.82) is 0 Å². The van der Waals surface area contributed by atoms with Crippen molar-refractivity contribution in [2.45, 2.75) is 4.90 Å². The molecule has 2 aliphatic rings. The highest BCUT2D eigenvalue weighted by atomic mass is 79.9. The van der Waals surface area contributed by atoms with Gasteiger partial charge in [-0.05, 0) is 58.4 Å². The van der Waals surface area contributed by atoms with E-state index in [1.165, 1.54) is 34.6 Å². The number of hydrogen-bond donors (Lipinski definition) is 0. The summed E-state index contributed by atoms with van der Waals surface area (Å²) in [4.78, 5) is 39.6. The number of amides is 2. The van der Waals surface area contributed by atoms with Gasteiger partial charge in [-0.25, -0.2) is 18.1 Å². The van der Waals surface area contributed by atoms with E-state index in [2.05, 4.69) is 15.9 Å². The molecule has 3 aromatic rings. The molecule has 2 aliphatic heterocycles. The topological polar surface area (TPSA) is 110 Å². The highest BCUT2D eigenvalue weighted by Crippen LogP contribution is 2.31. The lowest BCUT2D eigenvalue weighted by Crippen LogP contribution is -2.40. The molecule has 5 rings (SSSR count). The van der Waals surface area contributed by atoms with Gasteiger partial charge in [-0.15, -0.1) is 0 Å². The fourth-order valence-corrected chi connectivity index (χ4v) is 5.87. The quantitative estimate of drug-likeness (QED) is 0.262. The number of fused-ring (bicyclic) bond motifs is 1. The monoisotopic (exact) mass is 570 g/mol. The normalized spacial score (nSPS) is 16.2. The first-order valence-electron chi connectivity index (χ1n) is 10.9. The molecule has 0 aromatic heterocycles. The third-order valence-corrected chi connectivity index (χ3v) is 8.43. The second kappa shape index (κ2) is 9.58. The average molecular weight is 571 g/mol. The first-order chi connectivity index (χ1) is 17.3. The Morgan fingerprint density at radius 3 is 2.22 bits per heavy atom. The summed E-state index contributed by atoms with van der Waals surface area (Å²) in [6, 6.07) is 16.7. The molecule has 0 atom stereocenters. The van der Waals surface area contributed by atoms with Crippen molar-refractivity contribution >= 4 is 49.4 Å². The van der Waals surface area contributed by atoms with Gasteiger partial charge in [0.2, 0.25) is 10.0 Å². The molecule has 0 unspecified atom stereocenters. The number of sulfonamides is 1. The Bertz CT molecular complexity index is 1460. The number of imide groups is 1. The molecule has 36 heavy (non-hydrogen) atoms. The third kappa shape index (κ3) is 4.35. The molecule has 11 heteroatoms. The molecule has 0 aliphatic carbocycles. The molecule has 0 spiro atoms. The fraction of sp³-hybridized carbons (Fsp3) is 0.160. The number of carbonyl (C=O) groups excluding carboxylic acids is 3. The predicted molar refractivity (Wildman–Crippen MR) is 133 cm³/mol. The van der Waals surface area contributed by atoms with Crippen LogP contribution in [-0.4, -0.2) is 56.8 Å². The van der Waals surface area contributed by atoms with Crippen molar-refractivity contribution in [3.05, 3.63) is 87.9 Å². The van der Waals surface area contributed by atoms with E-state index in [1.54, 1.807) is 36.4 Å². The third-order valence-electron chi connectivity index (χ3n) is 5.85. The minimum Gasteiger partial charge on any atom is -0.423 e. The minimum absolute atomic E-state index is 0.00969. The summed E-state index contributed by atoms with van der Waals surface area (Å²) in [5.41, 5.74) is 0.851. The molecule has 9 nitrogen and oxygen atoms in total. The lowest BCUT2D eigenvalue weighted by Gasteiger charge is -2.26. The lowest BCUT2D eigenvalue weighted by molar-refractivity contribution is 0.0726. The number of carbonyl (C=O) groups is 3. The zero-order valence-corrected chi connectivity index (χ0v) is 21.1. The van der Waals surface area contributed by atoms with Crippen LogP contribution in [0.2, 0.25) is 0 Å². The van der Waals surface area contributed by atoms with Crippen LogP contribution in [0.5, 0.6) is 5.75 Å². The lowest BCUT2D eigenvalue weighted by atomic mass is 10.1. The summed E-state index contributed by atoms with van der Waals surface area (Å²) in [6.45, 7) is 1.05. The molecule has 0 N–H and O–H groups in total. The Labute approximate surface area is 215 Å². The zero-order valence-electron chi connectivity index (χ0n) is 18.7. The summed E-state index contributed by atoms with van der Waals surface area (Å²) in [5.74, 6) is -1.66. The van der Waals surface area contributed by atoms with Crippen LogP contribution in [0.15, 0.2) is 76.1 Å². The van der Waals surface area contributed by atoms with Crippen molar-refractivity contribution in [2.75, 3.05) is 31.2 Å². The second-order valence-corrected chi connectivity index (χ2v) is 10.8. The molecule has 0 radical (unpaired) electrons. The molecular formula is C25H19BrN2O7S. The van der Waals surface area contributed by atoms with Crippen molar-refractivity contribution < 1.29 is 32.3 Å². The molecule has 184 valence electrons. The van der Waals surface area contributed by atoms with E-state index in [0.717, 1.165) is 4.90 Å². The number of morpholine rings is 1. The van der Waals surface area contributed by atoms with Crippen LogP contribution in [-0.2, 0) is 14.8 Å². The Morgan fingerprint density at radius 1 is 0.889 bits per heavy atom. The van der Waals surface area contributed by atoms with Gasteiger partial charge in [0.1, 0.15) is 5.75 Å². The van der Waals surface area contributed by atoms with Crippen molar-refractivity contribution in [1.82, 2.24) is 4.31 Å². The van der Waals surface area contributed by atoms with E-state index >= 15 is 0 Å². The summed E-state index contributed by atoms with van der Waals surface area (Å²) in [5, 5.41) is 0. The van der Waals surface area contributed by atoms with Crippen LogP contribution < -0.4 is 9.64 Å². The van der Waals surface area contributed by atoms with Crippen LogP contribution >= 0.6 is 15.9 Å². The largest absolute Gasteiger partial charge is 0.423 e. The van der Waals surface area contributed by atoms with Crippen LogP contribution in [0.3, 0.4) is 0 Å². The van der Waals surface area contributed by atoms with Gasteiger partial charge in [-0.1, -0.05) is 18.2 Å². The second-order valence-electron chi connectivity index (χ2n) is 8.04. The van der Waals surface area contributed by atoms with Gasteiger partial charge in [-0.2, -0.15) is 4.31 Å². The summed E-state index contributed by atoms with van der Waals surface area (Å²) >= 11 is 3.28. The molecule has 2 amide bonds.